The summed E-state index contributed by atoms with van der Waals surface area (Å²) in [5.74, 6) is 2.61. The molecule has 4 heteroatoms. The van der Waals surface area contributed by atoms with Crippen molar-refractivity contribution < 1.29 is 0 Å². The maximum absolute atomic E-state index is 4.31. The highest BCUT2D eigenvalue weighted by atomic mass is 15.2. The molecule has 4 nitrogen and oxygen atoms in total. The zero-order valence-electron chi connectivity index (χ0n) is 13.2. The first-order chi connectivity index (χ1) is 9.67. The first-order valence-corrected chi connectivity index (χ1v) is 8.02. The van der Waals surface area contributed by atoms with Crippen molar-refractivity contribution in [3.63, 3.8) is 0 Å². The summed E-state index contributed by atoms with van der Waals surface area (Å²) in [6.07, 6.45) is 8.08. The standard InChI is InChI=1S/C16H30N4/c1-13-10-14(2)12-20(11-13)9-8-18-16(17-3)19-15-6-4-5-7-15/h4-5,13-15H,6-12H2,1-3H3,(H2,17,18,19). The lowest BCUT2D eigenvalue weighted by Crippen LogP contribution is -2.47. The Morgan fingerprint density at radius 3 is 2.45 bits per heavy atom. The second-order valence-electron chi connectivity index (χ2n) is 6.49. The lowest BCUT2D eigenvalue weighted by atomic mass is 9.92. The number of hydrogen-bond acceptors (Lipinski definition) is 2. The molecule has 20 heavy (non-hydrogen) atoms. The van der Waals surface area contributed by atoms with Gasteiger partial charge in [-0.25, -0.2) is 0 Å². The molecular weight excluding hydrogens is 248 g/mol. The molecule has 2 N–H and O–H groups in total. The zero-order chi connectivity index (χ0) is 14.4. The van der Waals surface area contributed by atoms with Crippen LogP contribution in [0.25, 0.3) is 0 Å². The van der Waals surface area contributed by atoms with Crippen LogP contribution in [-0.2, 0) is 0 Å². The van der Waals surface area contributed by atoms with E-state index in [1.54, 1.807) is 0 Å². The van der Waals surface area contributed by atoms with E-state index in [2.05, 4.69) is 46.5 Å². The van der Waals surface area contributed by atoms with Crippen molar-refractivity contribution in [2.75, 3.05) is 33.2 Å². The Hall–Kier alpha value is -1.03. The highest BCUT2D eigenvalue weighted by Crippen LogP contribution is 2.20. The van der Waals surface area contributed by atoms with Gasteiger partial charge in [-0.2, -0.15) is 0 Å². The van der Waals surface area contributed by atoms with Gasteiger partial charge < -0.3 is 15.5 Å². The molecule has 2 aliphatic rings. The summed E-state index contributed by atoms with van der Waals surface area (Å²) >= 11 is 0. The Labute approximate surface area is 123 Å². The molecule has 1 heterocycles. The van der Waals surface area contributed by atoms with Crippen LogP contribution in [0.1, 0.15) is 33.1 Å². The third kappa shape index (κ3) is 4.82. The molecule has 1 aliphatic carbocycles. The molecule has 0 aromatic carbocycles. The average molecular weight is 278 g/mol. The van der Waals surface area contributed by atoms with E-state index in [1.165, 1.54) is 19.5 Å². The quantitative estimate of drug-likeness (QED) is 0.468. The van der Waals surface area contributed by atoms with Crippen molar-refractivity contribution in [2.24, 2.45) is 16.8 Å². The number of nitrogens with zero attached hydrogens (tertiary/aromatic N) is 2. The second kappa shape index (κ2) is 7.67. The molecule has 0 saturated carbocycles. The lowest BCUT2D eigenvalue weighted by molar-refractivity contribution is 0.143. The highest BCUT2D eigenvalue weighted by molar-refractivity contribution is 5.80. The fraction of sp³-hybridized carbons (Fsp3) is 0.812. The fourth-order valence-corrected chi connectivity index (χ4v) is 3.43. The number of rotatable bonds is 4. The van der Waals surface area contributed by atoms with Gasteiger partial charge >= 0.3 is 0 Å². The van der Waals surface area contributed by atoms with Crippen LogP contribution in [0.5, 0.6) is 0 Å². The van der Waals surface area contributed by atoms with Gasteiger partial charge in [-0.1, -0.05) is 26.0 Å². The molecule has 0 amide bonds. The topological polar surface area (TPSA) is 39.7 Å². The largest absolute Gasteiger partial charge is 0.355 e. The Morgan fingerprint density at radius 2 is 1.85 bits per heavy atom. The summed E-state index contributed by atoms with van der Waals surface area (Å²) in [4.78, 5) is 6.89. The van der Waals surface area contributed by atoms with Crippen molar-refractivity contribution in [3.8, 4) is 0 Å². The fourth-order valence-electron chi connectivity index (χ4n) is 3.43. The summed E-state index contributed by atoms with van der Waals surface area (Å²) in [5, 5.41) is 6.92. The first-order valence-electron chi connectivity index (χ1n) is 8.02. The van der Waals surface area contributed by atoms with Crippen molar-refractivity contribution in [1.82, 2.24) is 15.5 Å². The van der Waals surface area contributed by atoms with Gasteiger partial charge in [-0.3, -0.25) is 4.99 Å². The Kier molecular flexibility index (Phi) is 5.89. The summed E-state index contributed by atoms with van der Waals surface area (Å²) in [7, 11) is 1.85. The third-order valence-corrected chi connectivity index (χ3v) is 4.24. The van der Waals surface area contributed by atoms with Gasteiger partial charge in [-0.05, 0) is 31.1 Å². The van der Waals surface area contributed by atoms with Crippen molar-refractivity contribution in [3.05, 3.63) is 12.2 Å². The Morgan fingerprint density at radius 1 is 1.20 bits per heavy atom. The van der Waals surface area contributed by atoms with Crippen molar-refractivity contribution >= 4 is 5.96 Å². The molecule has 0 radical (unpaired) electrons. The third-order valence-electron chi connectivity index (χ3n) is 4.24. The van der Waals surface area contributed by atoms with E-state index in [1.807, 2.05) is 7.05 Å². The molecule has 1 saturated heterocycles. The molecule has 1 aliphatic heterocycles. The smallest absolute Gasteiger partial charge is 0.191 e. The van der Waals surface area contributed by atoms with Crippen LogP contribution < -0.4 is 10.6 Å². The molecule has 0 spiro atoms. The van der Waals surface area contributed by atoms with Crippen LogP contribution in [0.15, 0.2) is 17.1 Å². The van der Waals surface area contributed by atoms with E-state index < -0.39 is 0 Å². The number of likely N-dealkylation sites (tertiary alicyclic amines) is 1. The number of hydrogen-bond donors (Lipinski definition) is 2. The highest BCUT2D eigenvalue weighted by Gasteiger charge is 2.21. The van der Waals surface area contributed by atoms with Crippen LogP contribution in [0.4, 0.5) is 0 Å². The molecule has 1 fully saturated rings. The summed E-state index contributed by atoms with van der Waals surface area (Å²) < 4.78 is 0. The minimum absolute atomic E-state index is 0.524. The van der Waals surface area contributed by atoms with Gasteiger partial charge in [-0.15, -0.1) is 0 Å². The molecule has 2 unspecified atom stereocenters. The van der Waals surface area contributed by atoms with E-state index in [-0.39, 0.29) is 0 Å². The van der Waals surface area contributed by atoms with Gasteiger partial charge in [0.2, 0.25) is 0 Å². The summed E-state index contributed by atoms with van der Waals surface area (Å²) in [6, 6.07) is 0.524. The van der Waals surface area contributed by atoms with Crippen LogP contribution in [0.3, 0.4) is 0 Å². The maximum atomic E-state index is 4.31. The number of guanidine groups is 1. The predicted molar refractivity (Wildman–Crippen MR) is 86.0 cm³/mol. The lowest BCUT2D eigenvalue weighted by Gasteiger charge is -2.35. The van der Waals surface area contributed by atoms with E-state index in [0.717, 1.165) is 43.7 Å². The zero-order valence-corrected chi connectivity index (χ0v) is 13.2. The second-order valence-corrected chi connectivity index (χ2v) is 6.49. The van der Waals surface area contributed by atoms with Crippen LogP contribution in [0, 0.1) is 11.8 Å². The predicted octanol–water partition coefficient (Wildman–Crippen LogP) is 1.85. The number of aliphatic imine (C=N–C) groups is 1. The normalized spacial score (nSPS) is 28.9. The maximum Gasteiger partial charge on any atom is 0.191 e. The van der Waals surface area contributed by atoms with Crippen LogP contribution >= 0.6 is 0 Å². The molecule has 0 aromatic heterocycles. The molecule has 2 rings (SSSR count). The van der Waals surface area contributed by atoms with Gasteiger partial charge in [0.25, 0.3) is 0 Å². The van der Waals surface area contributed by atoms with Gasteiger partial charge in [0, 0.05) is 39.3 Å². The number of nitrogens with one attached hydrogen (secondary N) is 2. The van der Waals surface area contributed by atoms with Crippen LogP contribution in [-0.4, -0.2) is 50.1 Å². The molecule has 0 aromatic rings. The minimum Gasteiger partial charge on any atom is -0.355 e. The SMILES string of the molecule is CN=C(NCCN1CC(C)CC(C)C1)NC1CC=CC1. The Bertz CT molecular complexity index is 332. The monoisotopic (exact) mass is 278 g/mol. The van der Waals surface area contributed by atoms with Crippen LogP contribution in [0.2, 0.25) is 0 Å². The Balaban J connectivity index is 1.65. The van der Waals surface area contributed by atoms with Gasteiger partial charge in [0.1, 0.15) is 0 Å². The number of piperidine rings is 1. The van der Waals surface area contributed by atoms with E-state index in [9.17, 15) is 0 Å². The van der Waals surface area contributed by atoms with Crippen molar-refractivity contribution in [2.45, 2.75) is 39.2 Å². The van der Waals surface area contributed by atoms with Gasteiger partial charge in [0.05, 0.1) is 0 Å². The van der Waals surface area contributed by atoms with Crippen molar-refractivity contribution in [1.29, 1.82) is 0 Å². The minimum atomic E-state index is 0.524. The van der Waals surface area contributed by atoms with E-state index in [0.29, 0.717) is 6.04 Å². The molecule has 114 valence electrons. The first kappa shape index (κ1) is 15.4. The molecule has 2 atom stereocenters. The summed E-state index contributed by atoms with van der Waals surface area (Å²) in [6.45, 7) is 9.29. The average Bonchev–Trinajstić information content (AvgIpc) is 2.89. The van der Waals surface area contributed by atoms with E-state index in [4.69, 9.17) is 0 Å². The molecule has 0 bridgehead atoms. The summed E-state index contributed by atoms with van der Waals surface area (Å²) in [5.41, 5.74) is 0. The molecular formula is C16H30N4. The van der Waals surface area contributed by atoms with E-state index >= 15 is 0 Å². The van der Waals surface area contributed by atoms with Gasteiger partial charge in [0.15, 0.2) is 5.96 Å².